The molecule has 0 saturated heterocycles. The number of aromatic nitrogens is 1. The van der Waals surface area contributed by atoms with Gasteiger partial charge in [0.05, 0.1) is 16.8 Å². The van der Waals surface area contributed by atoms with Crippen LogP contribution in [0.4, 0.5) is 26.3 Å². The van der Waals surface area contributed by atoms with Crippen molar-refractivity contribution in [1.82, 2.24) is 14.8 Å². The third-order valence-corrected chi connectivity index (χ3v) is 9.00. The number of carbonyl (C=O) groups is 2. The highest BCUT2D eigenvalue weighted by molar-refractivity contribution is 5.96. The van der Waals surface area contributed by atoms with E-state index in [1.54, 1.807) is 24.4 Å². The minimum Gasteiger partial charge on any atom is -0.336 e. The average molecular weight is 714 g/mol. The number of rotatable bonds is 9. The zero-order chi connectivity index (χ0) is 36.9. The van der Waals surface area contributed by atoms with E-state index < -0.39 is 41.3 Å². The smallest absolute Gasteiger partial charge is 0.336 e. The van der Waals surface area contributed by atoms with Crippen molar-refractivity contribution in [3.8, 4) is 11.3 Å². The van der Waals surface area contributed by atoms with Gasteiger partial charge in [-0.25, -0.2) is 0 Å². The first kappa shape index (κ1) is 36.1. The average Bonchev–Trinajstić information content (AvgIpc) is 3.15. The van der Waals surface area contributed by atoms with Gasteiger partial charge in [0.1, 0.15) is 6.04 Å². The van der Waals surface area contributed by atoms with Crippen molar-refractivity contribution < 1.29 is 35.9 Å². The fourth-order valence-electron chi connectivity index (χ4n) is 6.20. The molecule has 11 heteroatoms. The van der Waals surface area contributed by atoms with E-state index in [2.05, 4.69) is 4.98 Å². The Labute approximate surface area is 296 Å². The molecule has 1 aromatic heterocycles. The van der Waals surface area contributed by atoms with Crippen LogP contribution in [0.2, 0.25) is 0 Å². The lowest BCUT2D eigenvalue weighted by Crippen LogP contribution is -2.52. The Hall–Kier alpha value is -5.71. The van der Waals surface area contributed by atoms with Gasteiger partial charge in [0.2, 0.25) is 11.8 Å². The molecular weight excluding hydrogens is 680 g/mol. The molecule has 266 valence electrons. The summed E-state index contributed by atoms with van der Waals surface area (Å²) in [7, 11) is 0. The number of nitrogens with zero attached hydrogens (tertiary/aromatic N) is 3. The zero-order valence-electron chi connectivity index (χ0n) is 27.7. The van der Waals surface area contributed by atoms with Crippen molar-refractivity contribution in [3.63, 3.8) is 0 Å². The minimum atomic E-state index is -4.55. The van der Waals surface area contributed by atoms with Crippen LogP contribution in [0.3, 0.4) is 0 Å². The van der Waals surface area contributed by atoms with E-state index in [0.717, 1.165) is 46.6 Å². The lowest BCUT2D eigenvalue weighted by Gasteiger charge is -2.37. The van der Waals surface area contributed by atoms with Crippen LogP contribution < -0.4 is 0 Å². The number of fused-ring (bicyclic) bond motifs is 1. The van der Waals surface area contributed by atoms with Gasteiger partial charge in [0.25, 0.3) is 0 Å². The van der Waals surface area contributed by atoms with E-state index in [0.29, 0.717) is 23.1 Å². The van der Waals surface area contributed by atoms with E-state index in [1.807, 2.05) is 54.6 Å². The Balaban J connectivity index is 1.35. The maximum absolute atomic E-state index is 14.5. The van der Waals surface area contributed by atoms with Crippen molar-refractivity contribution in [2.75, 3.05) is 6.54 Å². The molecule has 2 amide bonds. The first-order chi connectivity index (χ1) is 24.8. The summed E-state index contributed by atoms with van der Waals surface area (Å²) in [4.78, 5) is 36.0. The Kier molecular flexibility index (Phi) is 10.6. The summed E-state index contributed by atoms with van der Waals surface area (Å²) in [5, 5.41) is 0. The molecule has 5 nitrogen and oxygen atoms in total. The number of hydrogen-bond donors (Lipinski definition) is 0. The lowest BCUT2D eigenvalue weighted by atomic mass is 9.95. The molecule has 0 spiro atoms. The van der Waals surface area contributed by atoms with E-state index >= 15 is 0 Å². The molecule has 6 rings (SSSR count). The van der Waals surface area contributed by atoms with Gasteiger partial charge in [0, 0.05) is 43.9 Å². The summed E-state index contributed by atoms with van der Waals surface area (Å²) in [6, 6.07) is 28.8. The molecule has 1 aliphatic rings. The molecule has 0 fully saturated rings. The normalized spacial score (nSPS) is 13.8. The van der Waals surface area contributed by atoms with Crippen molar-refractivity contribution in [2.24, 2.45) is 0 Å². The maximum Gasteiger partial charge on any atom is 0.416 e. The van der Waals surface area contributed by atoms with Crippen LogP contribution in [0.15, 0.2) is 128 Å². The predicted molar refractivity (Wildman–Crippen MR) is 185 cm³/mol. The van der Waals surface area contributed by atoms with Gasteiger partial charge in [-0.2, -0.15) is 26.3 Å². The maximum atomic E-state index is 14.5. The molecule has 1 atom stereocenters. The molecule has 0 N–H and O–H groups in total. The molecule has 4 aromatic carbocycles. The van der Waals surface area contributed by atoms with E-state index in [4.69, 9.17) is 0 Å². The molecule has 1 aliphatic heterocycles. The van der Waals surface area contributed by atoms with E-state index in [9.17, 15) is 35.9 Å². The van der Waals surface area contributed by atoms with E-state index in [-0.39, 0.29) is 26.1 Å². The van der Waals surface area contributed by atoms with E-state index in [1.165, 1.54) is 40.2 Å². The third-order valence-electron chi connectivity index (χ3n) is 9.00. The number of amides is 2. The highest BCUT2D eigenvalue weighted by atomic mass is 19.4. The summed E-state index contributed by atoms with van der Waals surface area (Å²) < 4.78 is 80.2. The second-order valence-corrected chi connectivity index (χ2v) is 12.5. The van der Waals surface area contributed by atoms with Crippen molar-refractivity contribution >= 4 is 17.9 Å². The van der Waals surface area contributed by atoms with Crippen LogP contribution in [0.5, 0.6) is 0 Å². The fourth-order valence-corrected chi connectivity index (χ4v) is 6.20. The van der Waals surface area contributed by atoms with Crippen molar-refractivity contribution in [2.45, 2.75) is 44.3 Å². The Morgan fingerprint density at radius 2 is 1.42 bits per heavy atom. The third kappa shape index (κ3) is 8.77. The highest BCUT2D eigenvalue weighted by Gasteiger charge is 2.36. The second kappa shape index (κ2) is 15.3. The van der Waals surface area contributed by atoms with Crippen LogP contribution in [0.1, 0.15) is 38.9 Å². The first-order valence-corrected chi connectivity index (χ1v) is 16.5. The number of pyridine rings is 1. The Morgan fingerprint density at radius 3 is 2.08 bits per heavy atom. The molecule has 0 radical (unpaired) electrons. The monoisotopic (exact) mass is 713 g/mol. The van der Waals surface area contributed by atoms with Gasteiger partial charge in [0.15, 0.2) is 0 Å². The summed E-state index contributed by atoms with van der Waals surface area (Å²) >= 11 is 0. The van der Waals surface area contributed by atoms with Crippen LogP contribution in [0, 0.1) is 0 Å². The molecule has 5 aromatic rings. The molecule has 52 heavy (non-hydrogen) atoms. The predicted octanol–water partition coefficient (Wildman–Crippen LogP) is 9.02. The van der Waals surface area contributed by atoms with Gasteiger partial charge >= 0.3 is 12.4 Å². The van der Waals surface area contributed by atoms with Crippen LogP contribution in [0.25, 0.3) is 17.3 Å². The lowest BCUT2D eigenvalue weighted by molar-refractivity contribution is -0.144. The number of halogens is 6. The molecule has 0 aliphatic carbocycles. The Bertz CT molecular complexity index is 2030. The quantitative estimate of drug-likeness (QED) is 0.113. The topological polar surface area (TPSA) is 53.5 Å². The summed E-state index contributed by atoms with van der Waals surface area (Å²) in [6.07, 6.45) is -4.33. The summed E-state index contributed by atoms with van der Waals surface area (Å²) in [5.74, 6) is -1.01. The molecule has 2 heterocycles. The zero-order valence-corrected chi connectivity index (χ0v) is 27.7. The fraction of sp³-hybridized carbons (Fsp3) is 0.195. The molecule has 1 unspecified atom stereocenters. The van der Waals surface area contributed by atoms with Gasteiger partial charge in [-0.3, -0.25) is 14.6 Å². The van der Waals surface area contributed by atoms with Crippen LogP contribution >= 0.6 is 0 Å². The van der Waals surface area contributed by atoms with Crippen LogP contribution in [-0.4, -0.2) is 39.2 Å². The molecule has 0 bridgehead atoms. The molecule has 0 saturated carbocycles. The first-order valence-electron chi connectivity index (χ1n) is 16.5. The SMILES string of the molecule is O=C(C(Cc1ccccc1)N(Cc1ccc(-c2ccccn2)cc1)C(=O)C=Cc1ccc(C(F)(F)F)cc1)N1CCc2ccc(C(F)(F)F)cc2C1. The highest BCUT2D eigenvalue weighted by Crippen LogP contribution is 2.33. The summed E-state index contributed by atoms with van der Waals surface area (Å²) in [5.41, 5.74) is 2.86. The van der Waals surface area contributed by atoms with Gasteiger partial charge < -0.3 is 9.80 Å². The van der Waals surface area contributed by atoms with Gasteiger partial charge in [-0.1, -0.05) is 78.9 Å². The summed E-state index contributed by atoms with van der Waals surface area (Å²) in [6.45, 7) is 0.167. The standard InChI is InChI=1S/C41H33F6N3O2/c42-40(43,44)34-17-11-28(12-18-34)13-20-38(51)50(26-30-9-14-32(15-10-30)36-8-4-5-22-48-36)37(24-29-6-2-1-3-7-29)39(52)49-23-21-31-16-19-35(41(45,46)47)25-33(31)27-49/h1-20,22,25,37H,21,23-24,26-27H2. The van der Waals surface area contributed by atoms with Gasteiger partial charge in [-0.05, 0) is 76.7 Å². The minimum absolute atomic E-state index is 0.00935. The second-order valence-electron chi connectivity index (χ2n) is 12.5. The van der Waals surface area contributed by atoms with Crippen LogP contribution in [-0.2, 0) is 47.9 Å². The Morgan fingerprint density at radius 1 is 0.750 bits per heavy atom. The number of carbonyl (C=O) groups excluding carboxylic acids is 2. The number of benzene rings is 4. The van der Waals surface area contributed by atoms with Gasteiger partial charge in [-0.15, -0.1) is 0 Å². The number of hydrogen-bond acceptors (Lipinski definition) is 3. The molecular formula is C41H33F6N3O2. The van der Waals surface area contributed by atoms with Crippen molar-refractivity contribution in [1.29, 1.82) is 0 Å². The van der Waals surface area contributed by atoms with Crippen molar-refractivity contribution in [3.05, 3.63) is 166 Å². The number of alkyl halides is 6. The largest absolute Gasteiger partial charge is 0.416 e.